The number of carbonyl (C=O) groups excluding carboxylic acids is 1. The van der Waals surface area contributed by atoms with Crippen molar-refractivity contribution in [1.29, 1.82) is 0 Å². The number of piperidine rings is 1. The molecule has 2 aliphatic heterocycles. The molecule has 0 aliphatic carbocycles. The molecule has 0 N–H and O–H groups in total. The second-order valence-corrected chi connectivity index (χ2v) is 8.89. The number of hydrogen-bond donors (Lipinski definition) is 0. The largest absolute Gasteiger partial charge is 0.381 e. The molecular formula is C20H27ClN2O2. The Balaban J connectivity index is 1.83. The molecule has 2 heterocycles. The summed E-state index contributed by atoms with van der Waals surface area (Å²) in [7, 11) is 0. The number of carbonyl (C=O) groups is 1. The van der Waals surface area contributed by atoms with Crippen molar-refractivity contribution in [2.75, 3.05) is 0 Å². The Morgan fingerprint density at radius 1 is 1.16 bits per heavy atom. The van der Waals surface area contributed by atoms with E-state index < -0.39 is 6.10 Å². The fraction of sp³-hybridized carbons (Fsp3) is 0.600. The summed E-state index contributed by atoms with van der Waals surface area (Å²) in [4.78, 5) is 21.0. The van der Waals surface area contributed by atoms with Gasteiger partial charge >= 0.3 is 0 Å². The first-order chi connectivity index (χ1) is 11.6. The van der Waals surface area contributed by atoms with E-state index in [9.17, 15) is 4.79 Å². The molecule has 3 rings (SSSR count). The smallest absolute Gasteiger partial charge is 0.268 e. The second kappa shape index (κ2) is 6.31. The van der Waals surface area contributed by atoms with E-state index in [4.69, 9.17) is 16.4 Å². The van der Waals surface area contributed by atoms with Crippen LogP contribution in [-0.4, -0.2) is 33.7 Å². The van der Waals surface area contributed by atoms with Crippen LogP contribution in [0.15, 0.2) is 29.4 Å². The Labute approximate surface area is 155 Å². The van der Waals surface area contributed by atoms with Gasteiger partial charge in [-0.1, -0.05) is 35.8 Å². The van der Waals surface area contributed by atoms with Crippen LogP contribution >= 0.6 is 11.6 Å². The fourth-order valence-electron chi connectivity index (χ4n) is 4.35. The molecule has 2 aliphatic rings. The molecule has 0 bridgehead atoms. The summed E-state index contributed by atoms with van der Waals surface area (Å²) in [6.45, 7) is 10.6. The molecule has 2 atom stereocenters. The number of likely N-dealkylation sites (tertiary alicyclic amines) is 1. The molecule has 0 saturated carbocycles. The standard InChI is InChI=1S/C20H27ClN2O2/c1-13-16(14-7-9-15(21)10-8-14)22-25-17(13)18(24)23-19(2,3)11-6-12-20(23,4)5/h7-10,13,17H,6,11-12H2,1-5H3/t13-,17-/m0/s1. The average Bonchev–Trinajstić information content (AvgIpc) is 2.88. The lowest BCUT2D eigenvalue weighted by Gasteiger charge is -2.53. The van der Waals surface area contributed by atoms with Crippen LogP contribution in [0.1, 0.15) is 59.4 Å². The highest BCUT2D eigenvalue weighted by molar-refractivity contribution is 6.30. The summed E-state index contributed by atoms with van der Waals surface area (Å²) < 4.78 is 0. The summed E-state index contributed by atoms with van der Waals surface area (Å²) in [5, 5.41) is 4.92. The highest BCUT2D eigenvalue weighted by Gasteiger charge is 2.49. The number of nitrogens with zero attached hydrogens (tertiary/aromatic N) is 2. The van der Waals surface area contributed by atoms with Gasteiger partial charge in [0.1, 0.15) is 0 Å². The number of oxime groups is 1. The fourth-order valence-corrected chi connectivity index (χ4v) is 4.47. The van der Waals surface area contributed by atoms with Crippen LogP contribution in [0.2, 0.25) is 5.02 Å². The normalized spacial score (nSPS) is 27.6. The predicted octanol–water partition coefficient (Wildman–Crippen LogP) is 4.65. The van der Waals surface area contributed by atoms with Gasteiger partial charge in [0.2, 0.25) is 6.10 Å². The van der Waals surface area contributed by atoms with Crippen LogP contribution in [-0.2, 0) is 9.63 Å². The molecular weight excluding hydrogens is 336 g/mol. The molecule has 0 spiro atoms. The Bertz CT molecular complexity index is 678. The third-order valence-corrected chi connectivity index (χ3v) is 5.79. The monoisotopic (exact) mass is 362 g/mol. The van der Waals surface area contributed by atoms with E-state index in [1.165, 1.54) is 0 Å². The molecule has 25 heavy (non-hydrogen) atoms. The van der Waals surface area contributed by atoms with Crippen molar-refractivity contribution in [3.63, 3.8) is 0 Å². The van der Waals surface area contributed by atoms with Crippen molar-refractivity contribution >= 4 is 23.2 Å². The van der Waals surface area contributed by atoms with Gasteiger partial charge in [0.05, 0.1) is 11.6 Å². The van der Waals surface area contributed by atoms with Gasteiger partial charge < -0.3 is 9.74 Å². The average molecular weight is 363 g/mol. The van der Waals surface area contributed by atoms with Gasteiger partial charge in [-0.15, -0.1) is 0 Å². The number of benzene rings is 1. The minimum Gasteiger partial charge on any atom is -0.381 e. The molecule has 1 saturated heterocycles. The lowest BCUT2D eigenvalue weighted by molar-refractivity contribution is -0.161. The lowest BCUT2D eigenvalue weighted by atomic mass is 9.78. The van der Waals surface area contributed by atoms with Crippen molar-refractivity contribution in [3.8, 4) is 0 Å². The third-order valence-electron chi connectivity index (χ3n) is 5.54. The van der Waals surface area contributed by atoms with E-state index in [1.807, 2.05) is 36.1 Å². The summed E-state index contributed by atoms with van der Waals surface area (Å²) in [6.07, 6.45) is 2.59. The first-order valence-electron chi connectivity index (χ1n) is 8.97. The zero-order chi connectivity index (χ0) is 18.4. The summed E-state index contributed by atoms with van der Waals surface area (Å²) in [6, 6.07) is 7.50. The second-order valence-electron chi connectivity index (χ2n) is 8.45. The Morgan fingerprint density at radius 2 is 1.72 bits per heavy atom. The molecule has 4 nitrogen and oxygen atoms in total. The van der Waals surface area contributed by atoms with Gasteiger partial charge in [0.15, 0.2) is 0 Å². The van der Waals surface area contributed by atoms with Crippen molar-refractivity contribution in [2.24, 2.45) is 11.1 Å². The number of rotatable bonds is 2. The lowest BCUT2D eigenvalue weighted by Crippen LogP contribution is -2.63. The van der Waals surface area contributed by atoms with Crippen LogP contribution in [0.4, 0.5) is 0 Å². The molecule has 1 aromatic rings. The maximum atomic E-state index is 13.4. The van der Waals surface area contributed by atoms with E-state index in [0.717, 1.165) is 30.5 Å². The third kappa shape index (κ3) is 3.29. The topological polar surface area (TPSA) is 41.9 Å². The van der Waals surface area contributed by atoms with Gasteiger partial charge in [0, 0.05) is 16.1 Å². The van der Waals surface area contributed by atoms with Crippen LogP contribution < -0.4 is 0 Å². The summed E-state index contributed by atoms with van der Waals surface area (Å²) >= 11 is 5.97. The molecule has 0 unspecified atom stereocenters. The van der Waals surface area contributed by atoms with Gasteiger partial charge in [-0.3, -0.25) is 4.79 Å². The first-order valence-corrected chi connectivity index (χ1v) is 9.35. The molecule has 1 amide bonds. The van der Waals surface area contributed by atoms with E-state index in [0.29, 0.717) is 5.02 Å². The van der Waals surface area contributed by atoms with Gasteiger partial charge in [-0.2, -0.15) is 0 Å². The quantitative estimate of drug-likeness (QED) is 0.768. The van der Waals surface area contributed by atoms with Crippen molar-refractivity contribution in [3.05, 3.63) is 34.9 Å². The van der Waals surface area contributed by atoms with Gasteiger partial charge in [-0.05, 0) is 64.7 Å². The summed E-state index contributed by atoms with van der Waals surface area (Å²) in [5.74, 6) is -0.0582. The van der Waals surface area contributed by atoms with Crippen LogP contribution in [0.25, 0.3) is 0 Å². The van der Waals surface area contributed by atoms with E-state index in [-0.39, 0.29) is 22.9 Å². The maximum absolute atomic E-state index is 13.4. The summed E-state index contributed by atoms with van der Waals surface area (Å²) in [5.41, 5.74) is 1.41. The van der Waals surface area contributed by atoms with Crippen LogP contribution in [0, 0.1) is 5.92 Å². The molecule has 1 fully saturated rings. The van der Waals surface area contributed by atoms with E-state index in [2.05, 4.69) is 32.9 Å². The zero-order valence-corrected chi connectivity index (χ0v) is 16.4. The van der Waals surface area contributed by atoms with Crippen molar-refractivity contribution < 1.29 is 9.63 Å². The molecule has 0 radical (unpaired) electrons. The Hall–Kier alpha value is -1.55. The van der Waals surface area contributed by atoms with Crippen molar-refractivity contribution in [2.45, 2.75) is 71.1 Å². The molecule has 5 heteroatoms. The Morgan fingerprint density at radius 3 is 2.28 bits per heavy atom. The van der Waals surface area contributed by atoms with Crippen LogP contribution in [0.5, 0.6) is 0 Å². The zero-order valence-electron chi connectivity index (χ0n) is 15.7. The van der Waals surface area contributed by atoms with Crippen LogP contribution in [0.3, 0.4) is 0 Å². The predicted molar refractivity (Wildman–Crippen MR) is 101 cm³/mol. The minimum absolute atomic E-state index is 0.0370. The maximum Gasteiger partial charge on any atom is 0.268 e. The van der Waals surface area contributed by atoms with E-state index >= 15 is 0 Å². The van der Waals surface area contributed by atoms with E-state index in [1.54, 1.807) is 0 Å². The number of halogens is 1. The molecule has 1 aromatic carbocycles. The molecule has 0 aromatic heterocycles. The number of amides is 1. The highest BCUT2D eigenvalue weighted by Crippen LogP contribution is 2.40. The van der Waals surface area contributed by atoms with Gasteiger partial charge in [-0.25, -0.2) is 0 Å². The van der Waals surface area contributed by atoms with Crippen molar-refractivity contribution in [1.82, 2.24) is 4.90 Å². The highest BCUT2D eigenvalue weighted by atomic mass is 35.5. The SMILES string of the molecule is C[C@H]1C(c2ccc(Cl)cc2)=NO[C@@H]1C(=O)N1C(C)(C)CCCC1(C)C. The Kier molecular flexibility index (Phi) is 4.61. The van der Waals surface area contributed by atoms with Gasteiger partial charge in [0.25, 0.3) is 5.91 Å². The first kappa shape index (κ1) is 18.2. The minimum atomic E-state index is -0.567. The molecule has 136 valence electrons. The number of hydrogen-bond acceptors (Lipinski definition) is 3.